The van der Waals surface area contributed by atoms with E-state index in [0.29, 0.717) is 12.4 Å². The molecule has 1 rings (SSSR count). The molecular weight excluding hydrogens is 168 g/mol. The number of benzene rings is 1. The fourth-order valence-corrected chi connectivity index (χ4v) is 1.03. The number of rotatable bonds is 3. The van der Waals surface area contributed by atoms with Crippen LogP contribution in [0.3, 0.4) is 0 Å². The van der Waals surface area contributed by atoms with Crippen LogP contribution in [0.25, 0.3) is 0 Å². The standard InChI is InChI=1S/C10H12O3/c1-8(11)13-10-6-4-3-5-9(10)7-12-2/h3-6H,7H2,1-2H3. The minimum atomic E-state index is -0.316. The van der Waals surface area contributed by atoms with Crippen LogP contribution in [-0.4, -0.2) is 13.1 Å². The Morgan fingerprint density at radius 3 is 2.69 bits per heavy atom. The monoisotopic (exact) mass is 180 g/mol. The van der Waals surface area contributed by atoms with Crippen molar-refractivity contribution in [3.8, 4) is 5.75 Å². The van der Waals surface area contributed by atoms with Gasteiger partial charge in [0.2, 0.25) is 0 Å². The maximum Gasteiger partial charge on any atom is 0.308 e. The molecule has 0 spiro atoms. The number of para-hydroxylation sites is 1. The van der Waals surface area contributed by atoms with Gasteiger partial charge in [0.05, 0.1) is 6.61 Å². The Bertz CT molecular complexity index is 294. The van der Waals surface area contributed by atoms with Gasteiger partial charge in [-0.3, -0.25) is 4.79 Å². The molecule has 13 heavy (non-hydrogen) atoms. The third kappa shape index (κ3) is 2.87. The number of ether oxygens (including phenoxy) is 2. The Kier molecular flexibility index (Phi) is 3.46. The molecule has 3 heteroatoms. The van der Waals surface area contributed by atoms with Crippen molar-refractivity contribution in [1.82, 2.24) is 0 Å². The maximum absolute atomic E-state index is 10.7. The second kappa shape index (κ2) is 4.62. The van der Waals surface area contributed by atoms with Gasteiger partial charge < -0.3 is 9.47 Å². The molecule has 3 nitrogen and oxygen atoms in total. The van der Waals surface area contributed by atoms with Gasteiger partial charge in [0.1, 0.15) is 5.75 Å². The Labute approximate surface area is 77.3 Å². The molecule has 0 amide bonds. The van der Waals surface area contributed by atoms with Gasteiger partial charge in [0.25, 0.3) is 0 Å². The lowest BCUT2D eigenvalue weighted by Gasteiger charge is -2.06. The first-order valence-corrected chi connectivity index (χ1v) is 3.99. The van der Waals surface area contributed by atoms with Crippen molar-refractivity contribution >= 4 is 5.97 Å². The second-order valence-electron chi connectivity index (χ2n) is 2.63. The molecule has 0 bridgehead atoms. The molecule has 0 aliphatic rings. The average Bonchev–Trinajstić information content (AvgIpc) is 2.08. The SMILES string of the molecule is COCc1ccccc1OC(C)=O. The number of hydrogen-bond acceptors (Lipinski definition) is 3. The summed E-state index contributed by atoms with van der Waals surface area (Å²) in [4.78, 5) is 10.7. The van der Waals surface area contributed by atoms with Crippen LogP contribution in [0.15, 0.2) is 24.3 Å². The van der Waals surface area contributed by atoms with E-state index in [-0.39, 0.29) is 5.97 Å². The van der Waals surface area contributed by atoms with Gasteiger partial charge in [-0.1, -0.05) is 18.2 Å². The summed E-state index contributed by atoms with van der Waals surface area (Å²) >= 11 is 0. The van der Waals surface area contributed by atoms with Crippen LogP contribution in [0, 0.1) is 0 Å². The predicted molar refractivity (Wildman–Crippen MR) is 48.5 cm³/mol. The Hall–Kier alpha value is -1.35. The average molecular weight is 180 g/mol. The van der Waals surface area contributed by atoms with Crippen molar-refractivity contribution in [2.24, 2.45) is 0 Å². The van der Waals surface area contributed by atoms with E-state index in [1.807, 2.05) is 18.2 Å². The quantitative estimate of drug-likeness (QED) is 0.525. The van der Waals surface area contributed by atoms with Crippen molar-refractivity contribution in [2.45, 2.75) is 13.5 Å². The molecule has 0 N–H and O–H groups in total. The van der Waals surface area contributed by atoms with Crippen LogP contribution < -0.4 is 4.74 Å². The molecule has 0 unspecified atom stereocenters. The molecule has 0 aliphatic heterocycles. The van der Waals surface area contributed by atoms with Gasteiger partial charge in [-0.2, -0.15) is 0 Å². The van der Waals surface area contributed by atoms with Crippen molar-refractivity contribution in [2.75, 3.05) is 7.11 Å². The van der Waals surface area contributed by atoms with Crippen molar-refractivity contribution in [3.05, 3.63) is 29.8 Å². The summed E-state index contributed by atoms with van der Waals surface area (Å²) in [7, 11) is 1.60. The van der Waals surface area contributed by atoms with Crippen LogP contribution in [0.1, 0.15) is 12.5 Å². The lowest BCUT2D eigenvalue weighted by atomic mass is 10.2. The predicted octanol–water partition coefficient (Wildman–Crippen LogP) is 1.76. The van der Waals surface area contributed by atoms with Crippen molar-refractivity contribution in [1.29, 1.82) is 0 Å². The van der Waals surface area contributed by atoms with Crippen LogP contribution >= 0.6 is 0 Å². The summed E-state index contributed by atoms with van der Waals surface area (Å²) in [6, 6.07) is 7.30. The van der Waals surface area contributed by atoms with Crippen LogP contribution in [-0.2, 0) is 16.1 Å². The van der Waals surface area contributed by atoms with E-state index in [4.69, 9.17) is 9.47 Å². The summed E-state index contributed by atoms with van der Waals surface area (Å²) in [6.07, 6.45) is 0. The molecule has 0 aliphatic carbocycles. The smallest absolute Gasteiger partial charge is 0.308 e. The third-order valence-electron chi connectivity index (χ3n) is 1.53. The number of hydrogen-bond donors (Lipinski definition) is 0. The largest absolute Gasteiger partial charge is 0.426 e. The van der Waals surface area contributed by atoms with Gasteiger partial charge in [-0.25, -0.2) is 0 Å². The van der Waals surface area contributed by atoms with Gasteiger partial charge in [0, 0.05) is 19.6 Å². The molecule has 70 valence electrons. The van der Waals surface area contributed by atoms with Gasteiger partial charge in [-0.15, -0.1) is 0 Å². The zero-order valence-corrected chi connectivity index (χ0v) is 7.74. The summed E-state index contributed by atoms with van der Waals surface area (Å²) in [5, 5.41) is 0. The molecule has 1 aromatic rings. The first-order valence-electron chi connectivity index (χ1n) is 3.99. The zero-order chi connectivity index (χ0) is 9.68. The van der Waals surface area contributed by atoms with Gasteiger partial charge in [-0.05, 0) is 6.07 Å². The van der Waals surface area contributed by atoms with E-state index >= 15 is 0 Å². The zero-order valence-electron chi connectivity index (χ0n) is 7.74. The molecule has 0 saturated heterocycles. The molecule has 0 heterocycles. The number of esters is 1. The van der Waals surface area contributed by atoms with E-state index in [1.165, 1.54) is 6.92 Å². The molecular formula is C10H12O3. The molecule has 0 saturated carbocycles. The number of carbonyl (C=O) groups is 1. The highest BCUT2D eigenvalue weighted by Gasteiger charge is 2.03. The number of carbonyl (C=O) groups excluding carboxylic acids is 1. The highest BCUT2D eigenvalue weighted by atomic mass is 16.5. The van der Waals surface area contributed by atoms with E-state index < -0.39 is 0 Å². The molecule has 0 fully saturated rings. The molecule has 0 aromatic heterocycles. The molecule has 0 radical (unpaired) electrons. The minimum Gasteiger partial charge on any atom is -0.426 e. The molecule has 1 aromatic carbocycles. The lowest BCUT2D eigenvalue weighted by molar-refractivity contribution is -0.131. The molecule has 0 atom stereocenters. The van der Waals surface area contributed by atoms with Crippen LogP contribution in [0.5, 0.6) is 5.75 Å². The summed E-state index contributed by atoms with van der Waals surface area (Å²) in [5.41, 5.74) is 0.875. The fourth-order valence-electron chi connectivity index (χ4n) is 1.03. The Morgan fingerprint density at radius 1 is 1.38 bits per heavy atom. The third-order valence-corrected chi connectivity index (χ3v) is 1.53. The normalized spacial score (nSPS) is 9.69. The minimum absolute atomic E-state index is 0.316. The van der Waals surface area contributed by atoms with Crippen LogP contribution in [0.4, 0.5) is 0 Å². The summed E-state index contributed by atoms with van der Waals surface area (Å²) < 4.78 is 9.94. The second-order valence-corrected chi connectivity index (χ2v) is 2.63. The van der Waals surface area contributed by atoms with E-state index in [1.54, 1.807) is 13.2 Å². The van der Waals surface area contributed by atoms with Gasteiger partial charge in [0.15, 0.2) is 0 Å². The Balaban J connectivity index is 2.84. The highest BCUT2D eigenvalue weighted by molar-refractivity contribution is 5.69. The number of methoxy groups -OCH3 is 1. The van der Waals surface area contributed by atoms with E-state index in [9.17, 15) is 4.79 Å². The lowest BCUT2D eigenvalue weighted by Crippen LogP contribution is -2.04. The van der Waals surface area contributed by atoms with E-state index in [2.05, 4.69) is 0 Å². The highest BCUT2D eigenvalue weighted by Crippen LogP contribution is 2.18. The maximum atomic E-state index is 10.7. The first-order chi connectivity index (χ1) is 6.24. The summed E-state index contributed by atoms with van der Waals surface area (Å²) in [6.45, 7) is 1.83. The fraction of sp³-hybridized carbons (Fsp3) is 0.300. The van der Waals surface area contributed by atoms with Crippen molar-refractivity contribution < 1.29 is 14.3 Å². The topological polar surface area (TPSA) is 35.5 Å². The first kappa shape index (κ1) is 9.74. The summed E-state index contributed by atoms with van der Waals surface area (Å²) in [5.74, 6) is 0.250. The van der Waals surface area contributed by atoms with E-state index in [0.717, 1.165) is 5.56 Å². The van der Waals surface area contributed by atoms with Crippen molar-refractivity contribution in [3.63, 3.8) is 0 Å². The van der Waals surface area contributed by atoms with Gasteiger partial charge >= 0.3 is 5.97 Å². The van der Waals surface area contributed by atoms with Crippen LogP contribution in [0.2, 0.25) is 0 Å². The Morgan fingerprint density at radius 2 is 2.08 bits per heavy atom.